The van der Waals surface area contributed by atoms with E-state index in [1.807, 2.05) is 60.7 Å². The van der Waals surface area contributed by atoms with Gasteiger partial charge in [-0.1, -0.05) is 67.2 Å². The molecule has 1 atom stereocenters. The number of carboxylic acids is 1. The number of rotatable bonds is 4. The summed E-state index contributed by atoms with van der Waals surface area (Å²) < 4.78 is 4.71. The fourth-order valence-electron chi connectivity index (χ4n) is 2.11. The summed E-state index contributed by atoms with van der Waals surface area (Å²) in [6.07, 6.45) is 0.583. The first-order valence-corrected chi connectivity index (χ1v) is 7.23. The zero-order chi connectivity index (χ0) is 15.9. The van der Waals surface area contributed by atoms with E-state index in [1.54, 1.807) is 0 Å². The van der Waals surface area contributed by atoms with Crippen LogP contribution < -0.4 is 0 Å². The van der Waals surface area contributed by atoms with Crippen LogP contribution in [-0.2, 0) is 9.53 Å². The number of aliphatic carboxylic acids is 1. The first kappa shape index (κ1) is 16.0. The van der Waals surface area contributed by atoms with Gasteiger partial charge in [0, 0.05) is 11.5 Å². The van der Waals surface area contributed by atoms with Gasteiger partial charge in [-0.05, 0) is 18.1 Å². The van der Waals surface area contributed by atoms with E-state index in [0.717, 1.165) is 17.7 Å². The van der Waals surface area contributed by atoms with Gasteiger partial charge in [0.15, 0.2) is 0 Å². The van der Waals surface area contributed by atoms with Gasteiger partial charge in [-0.15, -0.1) is 0 Å². The van der Waals surface area contributed by atoms with Crippen LogP contribution in [0.25, 0.3) is 0 Å². The molecule has 22 heavy (non-hydrogen) atoms. The first-order valence-electron chi connectivity index (χ1n) is 7.23. The highest BCUT2D eigenvalue weighted by Gasteiger charge is 2.21. The minimum absolute atomic E-state index is 0.187. The van der Waals surface area contributed by atoms with Crippen LogP contribution >= 0.6 is 0 Å². The van der Waals surface area contributed by atoms with Crippen molar-refractivity contribution in [1.29, 1.82) is 0 Å². The third-order valence-electron chi connectivity index (χ3n) is 3.39. The van der Waals surface area contributed by atoms with Gasteiger partial charge in [-0.2, -0.15) is 0 Å². The first-order chi connectivity index (χ1) is 10.6. The molecule has 1 aliphatic rings. The molecule has 2 aromatic carbocycles. The molecule has 0 radical (unpaired) electrons. The second-order valence-corrected chi connectivity index (χ2v) is 5.23. The fraction of sp³-hybridized carbons (Fsp3) is 0.211. The summed E-state index contributed by atoms with van der Waals surface area (Å²) in [6, 6.07) is 19.1. The Labute approximate surface area is 130 Å². The summed E-state index contributed by atoms with van der Waals surface area (Å²) in [5, 5.41) is 9.18. The Morgan fingerprint density at radius 2 is 1.45 bits per heavy atom. The minimum atomic E-state index is -0.965. The van der Waals surface area contributed by atoms with Crippen molar-refractivity contribution in [2.75, 3.05) is 6.61 Å². The topological polar surface area (TPSA) is 49.8 Å². The van der Waals surface area contributed by atoms with Crippen molar-refractivity contribution < 1.29 is 14.6 Å². The molecule has 1 aliphatic heterocycles. The number of carbonyl (C=O) groups is 1. The molecule has 0 spiro atoms. The number of carboxylic acid groups (broad SMARTS) is 1. The SMILES string of the molecule is C=C(C(=O)O)C(c1ccccc1)c1ccccc1.CC1CO1. The fourth-order valence-corrected chi connectivity index (χ4v) is 2.11. The molecule has 0 aromatic heterocycles. The Morgan fingerprint density at radius 3 is 1.73 bits per heavy atom. The molecule has 3 heteroatoms. The Balaban J connectivity index is 0.000000381. The van der Waals surface area contributed by atoms with Crippen molar-refractivity contribution in [1.82, 2.24) is 0 Å². The molecule has 3 rings (SSSR count). The molecule has 0 bridgehead atoms. The van der Waals surface area contributed by atoms with Crippen LogP contribution in [0, 0.1) is 0 Å². The van der Waals surface area contributed by atoms with E-state index in [0.29, 0.717) is 6.10 Å². The van der Waals surface area contributed by atoms with Gasteiger partial charge in [0.25, 0.3) is 0 Å². The van der Waals surface area contributed by atoms with Crippen LogP contribution in [-0.4, -0.2) is 23.8 Å². The lowest BCUT2D eigenvalue weighted by molar-refractivity contribution is -0.132. The predicted molar refractivity (Wildman–Crippen MR) is 86.9 cm³/mol. The zero-order valence-corrected chi connectivity index (χ0v) is 12.6. The second-order valence-electron chi connectivity index (χ2n) is 5.23. The van der Waals surface area contributed by atoms with E-state index in [4.69, 9.17) is 4.74 Å². The van der Waals surface area contributed by atoms with Crippen molar-refractivity contribution in [2.24, 2.45) is 0 Å². The normalized spacial score (nSPS) is 15.6. The van der Waals surface area contributed by atoms with Crippen molar-refractivity contribution in [3.8, 4) is 0 Å². The Hall–Kier alpha value is -2.39. The quantitative estimate of drug-likeness (QED) is 0.688. The molecule has 1 unspecified atom stereocenters. The molecule has 1 N–H and O–H groups in total. The molecule has 114 valence electrons. The molecule has 1 heterocycles. The van der Waals surface area contributed by atoms with Gasteiger partial charge in [0.1, 0.15) is 0 Å². The van der Waals surface area contributed by atoms with Crippen molar-refractivity contribution in [2.45, 2.75) is 18.9 Å². The van der Waals surface area contributed by atoms with E-state index in [9.17, 15) is 9.90 Å². The van der Waals surface area contributed by atoms with E-state index < -0.39 is 5.97 Å². The molecule has 0 aliphatic carbocycles. The van der Waals surface area contributed by atoms with Crippen LogP contribution in [0.15, 0.2) is 72.8 Å². The number of ether oxygens (including phenoxy) is 1. The van der Waals surface area contributed by atoms with E-state index >= 15 is 0 Å². The number of hydrogen-bond donors (Lipinski definition) is 1. The van der Waals surface area contributed by atoms with Crippen molar-refractivity contribution >= 4 is 5.97 Å². The van der Waals surface area contributed by atoms with Crippen LogP contribution in [0.1, 0.15) is 24.0 Å². The number of hydrogen-bond acceptors (Lipinski definition) is 2. The summed E-state index contributed by atoms with van der Waals surface area (Å²) in [4.78, 5) is 11.2. The third-order valence-corrected chi connectivity index (χ3v) is 3.39. The van der Waals surface area contributed by atoms with Crippen LogP contribution in [0.4, 0.5) is 0 Å². The standard InChI is InChI=1S/C16H14O2.C3H6O/c1-12(16(17)18)15(13-8-4-2-5-9-13)14-10-6-3-7-11-14;1-3-2-4-3/h2-11,15H,1H2,(H,17,18);3H,2H2,1H3. The average molecular weight is 296 g/mol. The van der Waals surface area contributed by atoms with Crippen molar-refractivity contribution in [3.63, 3.8) is 0 Å². The van der Waals surface area contributed by atoms with Gasteiger partial charge in [0.05, 0.1) is 12.7 Å². The highest BCUT2D eigenvalue weighted by molar-refractivity contribution is 5.88. The second kappa shape index (κ2) is 7.57. The van der Waals surface area contributed by atoms with E-state index in [-0.39, 0.29) is 11.5 Å². The lowest BCUT2D eigenvalue weighted by Gasteiger charge is -2.18. The lowest BCUT2D eigenvalue weighted by atomic mass is 9.85. The molecule has 0 saturated carbocycles. The molecule has 3 nitrogen and oxygen atoms in total. The maximum absolute atomic E-state index is 11.2. The number of benzene rings is 2. The van der Waals surface area contributed by atoms with Crippen LogP contribution in [0.2, 0.25) is 0 Å². The van der Waals surface area contributed by atoms with Crippen LogP contribution in [0.5, 0.6) is 0 Å². The third kappa shape index (κ3) is 4.57. The Kier molecular flexibility index (Phi) is 5.50. The van der Waals surface area contributed by atoms with Crippen molar-refractivity contribution in [3.05, 3.63) is 83.9 Å². The monoisotopic (exact) mass is 296 g/mol. The molecular weight excluding hydrogens is 276 g/mol. The Morgan fingerprint density at radius 1 is 1.09 bits per heavy atom. The summed E-state index contributed by atoms with van der Waals surface area (Å²) in [7, 11) is 0. The van der Waals surface area contributed by atoms with E-state index in [2.05, 4.69) is 13.5 Å². The highest BCUT2D eigenvalue weighted by atomic mass is 16.6. The molecule has 0 amide bonds. The summed E-state index contributed by atoms with van der Waals surface area (Å²) in [6.45, 7) is 6.75. The van der Waals surface area contributed by atoms with Gasteiger partial charge in [-0.25, -0.2) is 4.79 Å². The molecule has 1 fully saturated rings. The Bertz CT molecular complexity index is 576. The largest absolute Gasteiger partial charge is 0.478 e. The maximum atomic E-state index is 11.2. The minimum Gasteiger partial charge on any atom is -0.478 e. The lowest BCUT2D eigenvalue weighted by Crippen LogP contribution is -2.11. The molecular formula is C19H20O3. The number of epoxide rings is 1. The highest BCUT2D eigenvalue weighted by Crippen LogP contribution is 2.30. The average Bonchev–Trinajstić information content (AvgIpc) is 3.32. The van der Waals surface area contributed by atoms with Gasteiger partial charge >= 0.3 is 5.97 Å². The summed E-state index contributed by atoms with van der Waals surface area (Å²) in [5.74, 6) is -1.27. The van der Waals surface area contributed by atoms with Gasteiger partial charge in [0.2, 0.25) is 0 Å². The molecule has 2 aromatic rings. The summed E-state index contributed by atoms with van der Waals surface area (Å²) in [5.41, 5.74) is 2.07. The maximum Gasteiger partial charge on any atom is 0.331 e. The molecule has 1 saturated heterocycles. The summed E-state index contributed by atoms with van der Waals surface area (Å²) >= 11 is 0. The van der Waals surface area contributed by atoms with E-state index in [1.165, 1.54) is 0 Å². The zero-order valence-electron chi connectivity index (χ0n) is 12.6. The predicted octanol–water partition coefficient (Wildman–Crippen LogP) is 3.86. The smallest absolute Gasteiger partial charge is 0.331 e. The van der Waals surface area contributed by atoms with Crippen LogP contribution in [0.3, 0.4) is 0 Å². The van der Waals surface area contributed by atoms with Gasteiger partial charge in [-0.3, -0.25) is 0 Å². The van der Waals surface area contributed by atoms with Gasteiger partial charge < -0.3 is 9.84 Å².